The van der Waals surface area contributed by atoms with E-state index >= 15 is 0 Å². The van der Waals surface area contributed by atoms with Crippen molar-refractivity contribution in [3.8, 4) is 11.5 Å². The number of carbonyl (C=O) groups excluding carboxylic acids is 1. The van der Waals surface area contributed by atoms with Crippen LogP contribution in [0.25, 0.3) is 22.5 Å². The molecule has 0 bridgehead atoms. The first-order valence-electron chi connectivity index (χ1n) is 10.4. The van der Waals surface area contributed by atoms with Gasteiger partial charge in [0.05, 0.1) is 40.5 Å². The van der Waals surface area contributed by atoms with E-state index in [4.69, 9.17) is 9.40 Å². The minimum Gasteiger partial charge on any atom is -0.463 e. The third-order valence-corrected chi connectivity index (χ3v) is 7.85. The highest BCUT2D eigenvalue weighted by Gasteiger charge is 2.33. The van der Waals surface area contributed by atoms with Crippen molar-refractivity contribution in [1.82, 2.24) is 20.1 Å². The largest absolute Gasteiger partial charge is 0.463 e. The molecule has 9 heteroatoms. The van der Waals surface area contributed by atoms with Crippen LogP contribution in [-0.4, -0.2) is 46.6 Å². The molecule has 4 heterocycles. The maximum absolute atomic E-state index is 13.2. The monoisotopic (exact) mass is 428 g/mol. The molecule has 5 rings (SSSR count). The van der Waals surface area contributed by atoms with Crippen molar-refractivity contribution in [3.63, 3.8) is 0 Å². The highest BCUT2D eigenvalue weighted by molar-refractivity contribution is 7.91. The molecule has 2 aliphatic rings. The molecular formula is C21H24N4O4S. The van der Waals surface area contributed by atoms with Gasteiger partial charge in [0.1, 0.15) is 5.69 Å². The number of nitrogens with zero attached hydrogens (tertiary/aromatic N) is 3. The Bertz CT molecular complexity index is 1210. The van der Waals surface area contributed by atoms with Crippen LogP contribution in [0.5, 0.6) is 0 Å². The summed E-state index contributed by atoms with van der Waals surface area (Å²) in [5.74, 6) is 0.588. The number of aromatic nitrogens is 3. The molecule has 1 saturated heterocycles. The molecule has 1 N–H and O–H groups in total. The molecule has 3 aromatic heterocycles. The second-order valence-corrected chi connectivity index (χ2v) is 10.5. The number of amides is 1. The van der Waals surface area contributed by atoms with E-state index < -0.39 is 9.84 Å². The van der Waals surface area contributed by atoms with Crippen molar-refractivity contribution in [1.29, 1.82) is 0 Å². The Kier molecular flexibility index (Phi) is 4.65. The number of aryl methyl sites for hydroxylation is 1. The molecule has 8 nitrogen and oxygen atoms in total. The van der Waals surface area contributed by atoms with Gasteiger partial charge in [-0.3, -0.25) is 4.79 Å². The maximum Gasteiger partial charge on any atom is 0.252 e. The molecule has 1 aliphatic heterocycles. The highest BCUT2D eigenvalue weighted by Crippen LogP contribution is 2.32. The van der Waals surface area contributed by atoms with Crippen LogP contribution in [0, 0.1) is 6.92 Å². The van der Waals surface area contributed by atoms with E-state index in [0.29, 0.717) is 40.2 Å². The Morgan fingerprint density at radius 2 is 2.07 bits per heavy atom. The van der Waals surface area contributed by atoms with Crippen molar-refractivity contribution < 1.29 is 17.6 Å². The Balaban J connectivity index is 1.65. The van der Waals surface area contributed by atoms with Gasteiger partial charge in [0.25, 0.3) is 5.91 Å². The lowest BCUT2D eigenvalue weighted by atomic mass is 10.1. The fourth-order valence-corrected chi connectivity index (χ4v) is 6.29. The van der Waals surface area contributed by atoms with Gasteiger partial charge in [-0.1, -0.05) is 12.8 Å². The highest BCUT2D eigenvalue weighted by atomic mass is 32.2. The van der Waals surface area contributed by atoms with Crippen LogP contribution in [0.1, 0.15) is 54.2 Å². The average molecular weight is 429 g/mol. The summed E-state index contributed by atoms with van der Waals surface area (Å²) in [4.78, 5) is 18.0. The molecule has 3 aromatic rings. The third kappa shape index (κ3) is 3.40. The number of furan rings is 1. The molecule has 1 unspecified atom stereocenters. The van der Waals surface area contributed by atoms with Crippen LogP contribution in [0.4, 0.5) is 0 Å². The molecule has 1 saturated carbocycles. The summed E-state index contributed by atoms with van der Waals surface area (Å²) in [6.45, 7) is 1.84. The molecule has 0 radical (unpaired) electrons. The van der Waals surface area contributed by atoms with E-state index in [1.807, 2.05) is 6.92 Å². The zero-order chi connectivity index (χ0) is 20.9. The van der Waals surface area contributed by atoms with Crippen LogP contribution in [0.3, 0.4) is 0 Å². The van der Waals surface area contributed by atoms with Crippen molar-refractivity contribution in [2.24, 2.45) is 0 Å². The number of carbonyl (C=O) groups is 1. The second kappa shape index (κ2) is 7.23. The van der Waals surface area contributed by atoms with E-state index in [0.717, 1.165) is 25.7 Å². The first-order valence-corrected chi connectivity index (χ1v) is 12.2. The fraction of sp³-hybridized carbons (Fsp3) is 0.476. The van der Waals surface area contributed by atoms with Crippen LogP contribution in [0.15, 0.2) is 28.9 Å². The van der Waals surface area contributed by atoms with Crippen molar-refractivity contribution in [2.45, 2.75) is 51.1 Å². The van der Waals surface area contributed by atoms with Crippen LogP contribution < -0.4 is 5.32 Å². The molecule has 1 amide bonds. The molecule has 30 heavy (non-hydrogen) atoms. The van der Waals surface area contributed by atoms with Gasteiger partial charge in [-0.25, -0.2) is 18.1 Å². The van der Waals surface area contributed by atoms with Crippen molar-refractivity contribution in [3.05, 3.63) is 35.7 Å². The van der Waals surface area contributed by atoms with E-state index in [2.05, 4.69) is 10.4 Å². The molecule has 0 spiro atoms. The molecule has 1 aliphatic carbocycles. The van der Waals surface area contributed by atoms with Crippen LogP contribution in [0.2, 0.25) is 0 Å². The summed E-state index contributed by atoms with van der Waals surface area (Å²) < 4.78 is 31.3. The lowest BCUT2D eigenvalue weighted by Gasteiger charge is -2.14. The smallest absolute Gasteiger partial charge is 0.252 e. The van der Waals surface area contributed by atoms with Gasteiger partial charge < -0.3 is 9.73 Å². The summed E-state index contributed by atoms with van der Waals surface area (Å²) in [7, 11) is -3.08. The second-order valence-electron chi connectivity index (χ2n) is 8.27. The number of fused-ring (bicyclic) bond motifs is 1. The summed E-state index contributed by atoms with van der Waals surface area (Å²) in [6, 6.07) is 5.21. The average Bonchev–Trinajstić information content (AvgIpc) is 3.49. The number of hydrogen-bond donors (Lipinski definition) is 1. The summed E-state index contributed by atoms with van der Waals surface area (Å²) >= 11 is 0. The van der Waals surface area contributed by atoms with Gasteiger partial charge in [0, 0.05) is 6.04 Å². The number of rotatable bonds is 4. The van der Waals surface area contributed by atoms with E-state index in [-0.39, 0.29) is 29.5 Å². The predicted octanol–water partition coefficient (Wildman–Crippen LogP) is 3.03. The Morgan fingerprint density at radius 1 is 1.27 bits per heavy atom. The van der Waals surface area contributed by atoms with E-state index in [9.17, 15) is 13.2 Å². The number of hydrogen-bond acceptors (Lipinski definition) is 6. The Labute approximate surface area is 174 Å². The van der Waals surface area contributed by atoms with Gasteiger partial charge in [0.2, 0.25) is 0 Å². The molecular weight excluding hydrogens is 404 g/mol. The number of pyridine rings is 1. The van der Waals surface area contributed by atoms with Crippen LogP contribution in [-0.2, 0) is 9.84 Å². The SMILES string of the molecule is Cc1nn(C2CCS(=O)(=O)C2)c2nc(-c3ccco3)cc(C(=O)NC3CCCC3)c12. The maximum atomic E-state index is 13.2. The van der Waals surface area contributed by atoms with Gasteiger partial charge >= 0.3 is 0 Å². The van der Waals surface area contributed by atoms with E-state index in [1.165, 1.54) is 0 Å². The van der Waals surface area contributed by atoms with Gasteiger partial charge in [-0.15, -0.1) is 0 Å². The minimum atomic E-state index is -3.08. The summed E-state index contributed by atoms with van der Waals surface area (Å²) in [5.41, 5.74) is 2.23. The predicted molar refractivity (Wildman–Crippen MR) is 112 cm³/mol. The zero-order valence-corrected chi connectivity index (χ0v) is 17.6. The minimum absolute atomic E-state index is 0.0412. The van der Waals surface area contributed by atoms with Crippen molar-refractivity contribution in [2.75, 3.05) is 11.5 Å². The third-order valence-electron chi connectivity index (χ3n) is 6.10. The summed E-state index contributed by atoms with van der Waals surface area (Å²) in [5, 5.41) is 8.43. The van der Waals surface area contributed by atoms with Gasteiger partial charge in [-0.2, -0.15) is 5.10 Å². The zero-order valence-electron chi connectivity index (χ0n) is 16.8. The van der Waals surface area contributed by atoms with Crippen LogP contribution >= 0.6 is 0 Å². The molecule has 158 valence electrons. The normalized spacial score (nSPS) is 21.4. The quantitative estimate of drug-likeness (QED) is 0.684. The molecule has 1 atom stereocenters. The lowest BCUT2D eigenvalue weighted by Crippen LogP contribution is -2.32. The first-order chi connectivity index (χ1) is 14.4. The van der Waals surface area contributed by atoms with E-state index in [1.54, 1.807) is 29.1 Å². The Hall–Kier alpha value is -2.68. The number of sulfone groups is 1. The fourth-order valence-electron chi connectivity index (χ4n) is 4.60. The lowest BCUT2D eigenvalue weighted by molar-refractivity contribution is 0.0939. The Morgan fingerprint density at radius 3 is 2.73 bits per heavy atom. The van der Waals surface area contributed by atoms with Gasteiger partial charge in [-0.05, 0) is 44.4 Å². The molecule has 2 fully saturated rings. The topological polar surface area (TPSA) is 107 Å². The molecule has 0 aromatic carbocycles. The standard InChI is InChI=1S/C21H24N4O4S/c1-13-19-16(21(26)22-14-5-2-3-6-14)11-17(18-7-4-9-29-18)23-20(19)25(24-13)15-8-10-30(27,28)12-15/h4,7,9,11,14-15H,2-3,5-6,8,10,12H2,1H3,(H,22,26). The first kappa shape index (κ1) is 19.3. The summed E-state index contributed by atoms with van der Waals surface area (Å²) in [6.07, 6.45) is 6.29. The van der Waals surface area contributed by atoms with Gasteiger partial charge in [0.15, 0.2) is 21.2 Å². The van der Waals surface area contributed by atoms with Crippen molar-refractivity contribution >= 4 is 26.8 Å². The number of nitrogens with one attached hydrogen (secondary N) is 1.